The molecule has 0 spiro atoms. The lowest BCUT2D eigenvalue weighted by Gasteiger charge is -2.16. The van der Waals surface area contributed by atoms with Crippen molar-refractivity contribution in [2.75, 3.05) is 0 Å². The number of benzene rings is 2. The Morgan fingerprint density at radius 1 is 1.00 bits per heavy atom. The molecule has 0 saturated heterocycles. The van der Waals surface area contributed by atoms with Gasteiger partial charge in [0.05, 0.1) is 6.10 Å². The molecule has 2 aromatic rings. The van der Waals surface area contributed by atoms with Crippen LogP contribution in [0.3, 0.4) is 0 Å². The van der Waals surface area contributed by atoms with Gasteiger partial charge < -0.3 is 5.11 Å². The molecule has 0 saturated carbocycles. The summed E-state index contributed by atoms with van der Waals surface area (Å²) in [5.74, 6) is -0.539. The van der Waals surface area contributed by atoms with Gasteiger partial charge in [0.1, 0.15) is 0 Å². The van der Waals surface area contributed by atoms with Gasteiger partial charge in [-0.2, -0.15) is 0 Å². The van der Waals surface area contributed by atoms with Crippen LogP contribution in [0.4, 0.5) is 0 Å². The highest BCUT2D eigenvalue weighted by atomic mass is 16.3. The van der Waals surface area contributed by atoms with Crippen molar-refractivity contribution in [3.63, 3.8) is 0 Å². The molecule has 0 bridgehead atoms. The van der Waals surface area contributed by atoms with E-state index in [0.29, 0.717) is 0 Å². The van der Waals surface area contributed by atoms with Crippen molar-refractivity contribution in [2.45, 2.75) is 13.0 Å². The Hall–Kier alpha value is -2.19. The fourth-order valence-electron chi connectivity index (χ4n) is 1.99. The van der Waals surface area contributed by atoms with Crippen LogP contribution in [-0.4, -0.2) is 10.9 Å². The first-order valence-corrected chi connectivity index (χ1v) is 6.68. The Bertz CT molecular complexity index is 573. The summed E-state index contributed by atoms with van der Waals surface area (Å²) in [5.41, 5.74) is 1.74. The Labute approximate surface area is 119 Å². The second kappa shape index (κ2) is 6.83. The predicted molar refractivity (Wildman–Crippen MR) is 81.0 cm³/mol. The van der Waals surface area contributed by atoms with E-state index in [1.807, 2.05) is 60.7 Å². The van der Waals surface area contributed by atoms with E-state index in [4.69, 9.17) is 0 Å². The zero-order valence-electron chi connectivity index (χ0n) is 11.4. The van der Waals surface area contributed by atoms with Crippen molar-refractivity contribution in [3.05, 3.63) is 77.9 Å². The summed E-state index contributed by atoms with van der Waals surface area (Å²) in [5, 5.41) is 10.2. The summed E-state index contributed by atoms with van der Waals surface area (Å²) in [4.78, 5) is 12.1. The molecule has 2 atom stereocenters. The van der Waals surface area contributed by atoms with Crippen molar-refractivity contribution in [1.29, 1.82) is 0 Å². The van der Waals surface area contributed by atoms with Gasteiger partial charge in [-0.15, -0.1) is 0 Å². The maximum Gasteiger partial charge on any atom is 0.161 e. The second-order valence-electron chi connectivity index (χ2n) is 4.79. The number of carbonyl (C=O) groups excluding carboxylic acids is 1. The van der Waals surface area contributed by atoms with Crippen LogP contribution >= 0.6 is 0 Å². The van der Waals surface area contributed by atoms with Crippen LogP contribution in [0.15, 0.2) is 66.7 Å². The van der Waals surface area contributed by atoms with Gasteiger partial charge in [0.2, 0.25) is 0 Å². The summed E-state index contributed by atoms with van der Waals surface area (Å²) in [6.45, 7) is 1.75. The Morgan fingerprint density at radius 3 is 2.15 bits per heavy atom. The standard InChI is InChI=1S/C18H18O2/c1-14(18(20)16-10-6-3-7-11-16)17(19)13-12-15-8-4-2-5-9-15/h2-14,18,20H,1H3/b13-12+. The largest absolute Gasteiger partial charge is 0.388 e. The van der Waals surface area contributed by atoms with Crippen LogP contribution in [-0.2, 0) is 4.79 Å². The smallest absolute Gasteiger partial charge is 0.161 e. The Kier molecular flexibility index (Phi) is 4.85. The van der Waals surface area contributed by atoms with Gasteiger partial charge in [0, 0.05) is 5.92 Å². The van der Waals surface area contributed by atoms with Gasteiger partial charge in [0.15, 0.2) is 5.78 Å². The molecule has 0 radical (unpaired) electrons. The van der Waals surface area contributed by atoms with Crippen molar-refractivity contribution < 1.29 is 9.90 Å². The predicted octanol–water partition coefficient (Wildman–Crippen LogP) is 3.64. The normalized spacial score (nSPS) is 14.1. The molecule has 20 heavy (non-hydrogen) atoms. The zero-order valence-corrected chi connectivity index (χ0v) is 11.4. The third-order valence-electron chi connectivity index (χ3n) is 3.30. The molecule has 1 N–H and O–H groups in total. The van der Waals surface area contributed by atoms with Gasteiger partial charge in [0.25, 0.3) is 0 Å². The lowest BCUT2D eigenvalue weighted by molar-refractivity contribution is -0.120. The van der Waals surface area contributed by atoms with Crippen LogP contribution in [0.2, 0.25) is 0 Å². The minimum atomic E-state index is -0.774. The number of allylic oxidation sites excluding steroid dienone is 1. The van der Waals surface area contributed by atoms with E-state index in [-0.39, 0.29) is 5.78 Å². The number of ketones is 1. The van der Waals surface area contributed by atoms with E-state index in [1.54, 1.807) is 13.0 Å². The first kappa shape index (κ1) is 14.2. The van der Waals surface area contributed by atoms with Gasteiger partial charge in [-0.1, -0.05) is 73.7 Å². The molecule has 0 aliphatic carbocycles. The van der Waals surface area contributed by atoms with E-state index < -0.39 is 12.0 Å². The average Bonchev–Trinajstić information content (AvgIpc) is 2.53. The fourth-order valence-corrected chi connectivity index (χ4v) is 1.99. The van der Waals surface area contributed by atoms with Crippen LogP contribution in [0.5, 0.6) is 0 Å². The second-order valence-corrected chi connectivity index (χ2v) is 4.79. The Morgan fingerprint density at radius 2 is 1.55 bits per heavy atom. The molecular formula is C18H18O2. The van der Waals surface area contributed by atoms with E-state index in [2.05, 4.69) is 0 Å². The Balaban J connectivity index is 2.04. The summed E-state index contributed by atoms with van der Waals surface area (Å²) < 4.78 is 0. The molecular weight excluding hydrogens is 248 g/mol. The number of aliphatic hydroxyl groups is 1. The molecule has 0 aliphatic heterocycles. The molecule has 102 valence electrons. The first-order chi connectivity index (χ1) is 9.68. The van der Waals surface area contributed by atoms with Gasteiger partial charge >= 0.3 is 0 Å². The number of rotatable bonds is 5. The molecule has 0 aliphatic rings. The van der Waals surface area contributed by atoms with Crippen LogP contribution < -0.4 is 0 Å². The van der Waals surface area contributed by atoms with Crippen molar-refractivity contribution in [3.8, 4) is 0 Å². The van der Waals surface area contributed by atoms with E-state index >= 15 is 0 Å². The SMILES string of the molecule is CC(C(=O)/C=C/c1ccccc1)C(O)c1ccccc1. The summed E-state index contributed by atoms with van der Waals surface area (Å²) in [7, 11) is 0. The molecule has 0 fully saturated rings. The van der Waals surface area contributed by atoms with Crippen LogP contribution in [0, 0.1) is 5.92 Å². The highest BCUT2D eigenvalue weighted by Crippen LogP contribution is 2.22. The monoisotopic (exact) mass is 266 g/mol. The van der Waals surface area contributed by atoms with Gasteiger partial charge in [-0.3, -0.25) is 4.79 Å². The van der Waals surface area contributed by atoms with Crippen molar-refractivity contribution in [2.24, 2.45) is 5.92 Å². The molecule has 2 nitrogen and oxygen atoms in total. The summed E-state index contributed by atoms with van der Waals surface area (Å²) >= 11 is 0. The number of hydrogen-bond acceptors (Lipinski definition) is 2. The third kappa shape index (κ3) is 3.65. The first-order valence-electron chi connectivity index (χ1n) is 6.68. The zero-order chi connectivity index (χ0) is 14.4. The van der Waals surface area contributed by atoms with Gasteiger partial charge in [-0.05, 0) is 17.2 Å². The van der Waals surface area contributed by atoms with E-state index in [1.165, 1.54) is 6.08 Å². The number of hydrogen-bond donors (Lipinski definition) is 1. The van der Waals surface area contributed by atoms with Gasteiger partial charge in [-0.25, -0.2) is 0 Å². The van der Waals surface area contributed by atoms with Crippen LogP contribution in [0.1, 0.15) is 24.2 Å². The lowest BCUT2D eigenvalue weighted by atomic mass is 9.93. The number of carbonyl (C=O) groups is 1. The molecule has 2 heteroatoms. The summed E-state index contributed by atoms with van der Waals surface area (Å²) in [6, 6.07) is 18.9. The average molecular weight is 266 g/mol. The van der Waals surface area contributed by atoms with E-state index in [9.17, 15) is 9.90 Å². The van der Waals surface area contributed by atoms with Crippen molar-refractivity contribution >= 4 is 11.9 Å². The topological polar surface area (TPSA) is 37.3 Å². The summed E-state index contributed by atoms with van der Waals surface area (Å²) in [6.07, 6.45) is 2.53. The minimum absolute atomic E-state index is 0.0785. The van der Waals surface area contributed by atoms with Crippen LogP contribution in [0.25, 0.3) is 6.08 Å². The lowest BCUT2D eigenvalue weighted by Crippen LogP contribution is -2.17. The maximum absolute atomic E-state index is 12.1. The molecule has 2 unspecified atom stereocenters. The molecule has 0 amide bonds. The quantitative estimate of drug-likeness (QED) is 0.839. The molecule has 2 aromatic carbocycles. The highest BCUT2D eigenvalue weighted by Gasteiger charge is 2.21. The highest BCUT2D eigenvalue weighted by molar-refractivity contribution is 5.95. The third-order valence-corrected chi connectivity index (χ3v) is 3.30. The van der Waals surface area contributed by atoms with E-state index in [0.717, 1.165) is 11.1 Å². The number of aliphatic hydroxyl groups excluding tert-OH is 1. The fraction of sp³-hybridized carbons (Fsp3) is 0.167. The maximum atomic E-state index is 12.1. The minimum Gasteiger partial charge on any atom is -0.388 e. The van der Waals surface area contributed by atoms with Crippen molar-refractivity contribution in [1.82, 2.24) is 0 Å². The molecule has 0 heterocycles. The molecule has 0 aromatic heterocycles. The molecule has 2 rings (SSSR count).